The molecule has 0 aliphatic heterocycles. The number of ether oxygens (including phenoxy) is 1. The summed E-state index contributed by atoms with van der Waals surface area (Å²) in [6, 6.07) is 7.57. The lowest BCUT2D eigenvalue weighted by molar-refractivity contribution is 0.0952. The average molecular weight is 321 g/mol. The van der Waals surface area contributed by atoms with Crippen molar-refractivity contribution in [1.82, 2.24) is 10.6 Å². The minimum atomic E-state index is -0.471. The Morgan fingerprint density at radius 1 is 1.04 bits per heavy atom. The highest BCUT2D eigenvalue weighted by Crippen LogP contribution is 2.15. The van der Waals surface area contributed by atoms with Crippen molar-refractivity contribution >= 4 is 17.7 Å². The SMILES string of the molecule is CCCN(CC)c1ccc(C(=O)NCCNC(=O)OCC)cc1. The molecule has 6 heteroatoms. The lowest BCUT2D eigenvalue weighted by Gasteiger charge is -2.22. The molecule has 1 aromatic carbocycles. The molecule has 0 aliphatic rings. The predicted octanol–water partition coefficient (Wildman–Crippen LogP) is 2.40. The van der Waals surface area contributed by atoms with E-state index in [1.807, 2.05) is 24.3 Å². The van der Waals surface area contributed by atoms with Gasteiger partial charge in [0.15, 0.2) is 0 Å². The largest absolute Gasteiger partial charge is 0.450 e. The third kappa shape index (κ3) is 6.59. The fourth-order valence-corrected chi connectivity index (χ4v) is 2.19. The van der Waals surface area contributed by atoms with Gasteiger partial charge in [-0.3, -0.25) is 4.79 Å². The van der Waals surface area contributed by atoms with E-state index in [1.54, 1.807) is 6.92 Å². The minimum Gasteiger partial charge on any atom is -0.450 e. The van der Waals surface area contributed by atoms with Crippen LogP contribution in [0.15, 0.2) is 24.3 Å². The second-order valence-electron chi connectivity index (χ2n) is 5.03. The fraction of sp³-hybridized carbons (Fsp3) is 0.529. The van der Waals surface area contributed by atoms with E-state index in [0.29, 0.717) is 25.3 Å². The maximum atomic E-state index is 12.0. The Bertz CT molecular complexity index is 488. The van der Waals surface area contributed by atoms with Gasteiger partial charge in [0.2, 0.25) is 0 Å². The Morgan fingerprint density at radius 2 is 1.70 bits per heavy atom. The molecule has 2 N–H and O–H groups in total. The number of alkyl carbamates (subject to hydrolysis) is 1. The number of amides is 2. The average Bonchev–Trinajstić information content (AvgIpc) is 2.57. The molecule has 0 aliphatic carbocycles. The van der Waals surface area contributed by atoms with Crippen molar-refractivity contribution in [2.24, 2.45) is 0 Å². The van der Waals surface area contributed by atoms with Crippen molar-refractivity contribution in [2.45, 2.75) is 27.2 Å². The maximum absolute atomic E-state index is 12.0. The molecule has 0 unspecified atom stereocenters. The molecule has 23 heavy (non-hydrogen) atoms. The Hall–Kier alpha value is -2.24. The van der Waals surface area contributed by atoms with Crippen molar-refractivity contribution in [3.8, 4) is 0 Å². The van der Waals surface area contributed by atoms with E-state index in [0.717, 1.165) is 25.2 Å². The highest BCUT2D eigenvalue weighted by atomic mass is 16.5. The molecule has 0 spiro atoms. The molecule has 128 valence electrons. The van der Waals surface area contributed by atoms with Gasteiger partial charge < -0.3 is 20.3 Å². The van der Waals surface area contributed by atoms with E-state index in [1.165, 1.54) is 0 Å². The summed E-state index contributed by atoms with van der Waals surface area (Å²) in [5.74, 6) is -0.152. The second kappa shape index (κ2) is 10.5. The first-order valence-corrected chi connectivity index (χ1v) is 8.16. The zero-order chi connectivity index (χ0) is 17.1. The standard InChI is InChI=1S/C17H27N3O3/c1-4-13-20(5-2)15-9-7-14(8-10-15)16(21)18-11-12-19-17(22)23-6-3/h7-10H,4-6,11-13H2,1-3H3,(H,18,21)(H,19,22). The highest BCUT2D eigenvalue weighted by molar-refractivity contribution is 5.94. The van der Waals surface area contributed by atoms with Gasteiger partial charge in [-0.15, -0.1) is 0 Å². The van der Waals surface area contributed by atoms with Crippen LogP contribution in [0.5, 0.6) is 0 Å². The van der Waals surface area contributed by atoms with Crippen LogP contribution in [0, 0.1) is 0 Å². The number of carbonyl (C=O) groups excluding carboxylic acids is 2. The Labute approximate surface area is 138 Å². The zero-order valence-corrected chi connectivity index (χ0v) is 14.2. The zero-order valence-electron chi connectivity index (χ0n) is 14.2. The molecule has 0 saturated carbocycles. The number of anilines is 1. The molecule has 0 heterocycles. The second-order valence-corrected chi connectivity index (χ2v) is 5.03. The van der Waals surface area contributed by atoms with E-state index in [4.69, 9.17) is 4.74 Å². The number of benzene rings is 1. The molecule has 2 amide bonds. The summed E-state index contributed by atoms with van der Waals surface area (Å²) in [7, 11) is 0. The summed E-state index contributed by atoms with van der Waals surface area (Å²) in [6.07, 6.45) is 0.616. The minimum absolute atomic E-state index is 0.152. The molecule has 0 fully saturated rings. The van der Waals surface area contributed by atoms with Crippen molar-refractivity contribution in [3.05, 3.63) is 29.8 Å². The lowest BCUT2D eigenvalue weighted by atomic mass is 10.1. The van der Waals surface area contributed by atoms with Crippen molar-refractivity contribution < 1.29 is 14.3 Å². The molecule has 0 bridgehead atoms. The van der Waals surface area contributed by atoms with Gasteiger partial charge in [-0.1, -0.05) is 6.92 Å². The smallest absolute Gasteiger partial charge is 0.407 e. The van der Waals surface area contributed by atoms with Gasteiger partial charge in [0.25, 0.3) is 5.91 Å². The summed E-state index contributed by atoms with van der Waals surface area (Å²) in [5, 5.41) is 5.31. The van der Waals surface area contributed by atoms with Crippen LogP contribution < -0.4 is 15.5 Å². The normalized spacial score (nSPS) is 10.0. The highest BCUT2D eigenvalue weighted by Gasteiger charge is 2.07. The third-order valence-electron chi connectivity index (χ3n) is 3.33. The maximum Gasteiger partial charge on any atom is 0.407 e. The van der Waals surface area contributed by atoms with Gasteiger partial charge in [0.05, 0.1) is 6.61 Å². The van der Waals surface area contributed by atoms with Crippen LogP contribution in [-0.4, -0.2) is 44.8 Å². The summed E-state index contributed by atoms with van der Waals surface area (Å²) in [4.78, 5) is 25.4. The van der Waals surface area contributed by atoms with Gasteiger partial charge in [-0.2, -0.15) is 0 Å². The van der Waals surface area contributed by atoms with E-state index >= 15 is 0 Å². The fourth-order valence-electron chi connectivity index (χ4n) is 2.19. The number of hydrogen-bond donors (Lipinski definition) is 2. The van der Waals surface area contributed by atoms with Gasteiger partial charge >= 0.3 is 6.09 Å². The molecular formula is C17H27N3O3. The Balaban J connectivity index is 2.43. The molecule has 1 aromatic rings. The first kappa shape index (κ1) is 18.8. The summed E-state index contributed by atoms with van der Waals surface area (Å²) < 4.78 is 4.73. The first-order valence-electron chi connectivity index (χ1n) is 8.16. The van der Waals surface area contributed by atoms with E-state index in [2.05, 4.69) is 29.4 Å². The Kier molecular flexibility index (Phi) is 8.57. The van der Waals surface area contributed by atoms with Gasteiger partial charge in [-0.05, 0) is 44.5 Å². The van der Waals surface area contributed by atoms with Crippen molar-refractivity contribution in [3.63, 3.8) is 0 Å². The van der Waals surface area contributed by atoms with Crippen LogP contribution in [0.4, 0.5) is 10.5 Å². The number of rotatable bonds is 9. The van der Waals surface area contributed by atoms with Crippen LogP contribution in [0.3, 0.4) is 0 Å². The first-order chi connectivity index (χ1) is 11.1. The summed E-state index contributed by atoms with van der Waals surface area (Å²) in [6.45, 7) is 8.98. The van der Waals surface area contributed by atoms with Crippen molar-refractivity contribution in [1.29, 1.82) is 0 Å². The molecule has 0 atom stereocenters. The van der Waals surface area contributed by atoms with Gasteiger partial charge in [0.1, 0.15) is 0 Å². The molecule has 0 saturated heterocycles. The van der Waals surface area contributed by atoms with Crippen molar-refractivity contribution in [2.75, 3.05) is 37.7 Å². The summed E-state index contributed by atoms with van der Waals surface area (Å²) in [5.41, 5.74) is 1.73. The number of nitrogens with one attached hydrogen (secondary N) is 2. The number of nitrogens with zero attached hydrogens (tertiary/aromatic N) is 1. The van der Waals surface area contributed by atoms with E-state index in [9.17, 15) is 9.59 Å². The molecule has 0 radical (unpaired) electrons. The lowest BCUT2D eigenvalue weighted by Crippen LogP contribution is -2.35. The Morgan fingerprint density at radius 3 is 2.26 bits per heavy atom. The summed E-state index contributed by atoms with van der Waals surface area (Å²) >= 11 is 0. The molecule has 6 nitrogen and oxygen atoms in total. The van der Waals surface area contributed by atoms with Gasteiger partial charge in [-0.25, -0.2) is 4.79 Å². The molecule has 0 aromatic heterocycles. The number of hydrogen-bond acceptors (Lipinski definition) is 4. The number of carbonyl (C=O) groups is 2. The monoisotopic (exact) mass is 321 g/mol. The topological polar surface area (TPSA) is 70.7 Å². The van der Waals surface area contributed by atoms with Crippen LogP contribution >= 0.6 is 0 Å². The molecule has 1 rings (SSSR count). The third-order valence-corrected chi connectivity index (χ3v) is 3.33. The van der Waals surface area contributed by atoms with Crippen LogP contribution in [0.1, 0.15) is 37.6 Å². The van der Waals surface area contributed by atoms with E-state index < -0.39 is 6.09 Å². The van der Waals surface area contributed by atoms with Gasteiger partial charge in [0, 0.05) is 37.4 Å². The quantitative estimate of drug-likeness (QED) is 0.685. The van der Waals surface area contributed by atoms with Crippen LogP contribution in [0.25, 0.3) is 0 Å². The van der Waals surface area contributed by atoms with Crippen LogP contribution in [0.2, 0.25) is 0 Å². The van der Waals surface area contributed by atoms with E-state index in [-0.39, 0.29) is 5.91 Å². The van der Waals surface area contributed by atoms with Crippen LogP contribution in [-0.2, 0) is 4.74 Å². The predicted molar refractivity (Wildman–Crippen MR) is 92.0 cm³/mol. The molecular weight excluding hydrogens is 294 g/mol.